The van der Waals surface area contributed by atoms with Gasteiger partial charge >= 0.3 is 0 Å². The van der Waals surface area contributed by atoms with E-state index in [0.29, 0.717) is 64.6 Å². The zero-order valence-corrected chi connectivity index (χ0v) is 20.1. The van der Waals surface area contributed by atoms with Crippen LogP contribution in [0.1, 0.15) is 17.5 Å². The average molecular weight is 500 g/mol. The highest BCUT2D eigenvalue weighted by Gasteiger charge is 2.13. The standard InChI is InChI=1S/C28H22ClN3O4/c29-22-5-2-1-4-19(22)17-32-11-9-24-21(28(32)34)15-20-23(30-24)8-10-31(27(20)33)16-18-6-7-25-26(14-18)36-13-3-12-35-25/h1-2,4-11,14-15H,3,12-13,16-17H2. The molecule has 180 valence electrons. The number of nitrogens with zero attached hydrogens (tertiary/aromatic N) is 3. The number of halogens is 1. The quantitative estimate of drug-likeness (QED) is 0.337. The molecule has 0 bridgehead atoms. The van der Waals surface area contributed by atoms with Gasteiger partial charge in [-0.25, -0.2) is 4.98 Å². The molecule has 0 radical (unpaired) electrons. The van der Waals surface area contributed by atoms with Crippen LogP contribution in [0.5, 0.6) is 11.5 Å². The van der Waals surface area contributed by atoms with E-state index in [2.05, 4.69) is 4.98 Å². The first-order valence-electron chi connectivity index (χ1n) is 11.7. The fourth-order valence-electron chi connectivity index (χ4n) is 4.47. The highest BCUT2D eigenvalue weighted by molar-refractivity contribution is 6.31. The van der Waals surface area contributed by atoms with E-state index in [1.807, 2.05) is 36.4 Å². The largest absolute Gasteiger partial charge is 0.490 e. The van der Waals surface area contributed by atoms with Crippen molar-refractivity contribution in [1.82, 2.24) is 14.1 Å². The van der Waals surface area contributed by atoms with Crippen LogP contribution in [-0.2, 0) is 13.1 Å². The average Bonchev–Trinajstić information content (AvgIpc) is 3.13. The zero-order valence-electron chi connectivity index (χ0n) is 19.3. The van der Waals surface area contributed by atoms with E-state index in [1.165, 1.54) is 0 Å². The van der Waals surface area contributed by atoms with Gasteiger partial charge < -0.3 is 18.6 Å². The van der Waals surface area contributed by atoms with Gasteiger partial charge in [-0.15, -0.1) is 0 Å². The van der Waals surface area contributed by atoms with Crippen LogP contribution >= 0.6 is 11.6 Å². The molecular weight excluding hydrogens is 478 g/mol. The molecule has 0 spiro atoms. The topological polar surface area (TPSA) is 75.4 Å². The molecular formula is C28H22ClN3O4. The van der Waals surface area contributed by atoms with Gasteiger partial charge in [-0.3, -0.25) is 9.59 Å². The molecule has 0 aliphatic carbocycles. The molecule has 0 saturated carbocycles. The summed E-state index contributed by atoms with van der Waals surface area (Å²) < 4.78 is 14.7. The molecule has 6 rings (SSSR count). The normalized spacial score (nSPS) is 13.1. The van der Waals surface area contributed by atoms with Gasteiger partial charge in [-0.05, 0) is 47.5 Å². The molecule has 1 aliphatic rings. The van der Waals surface area contributed by atoms with Crippen LogP contribution in [0.15, 0.2) is 82.6 Å². The van der Waals surface area contributed by atoms with Gasteiger partial charge in [0, 0.05) is 23.8 Å². The van der Waals surface area contributed by atoms with Crippen LogP contribution in [0.2, 0.25) is 5.02 Å². The van der Waals surface area contributed by atoms with Crippen molar-refractivity contribution in [3.8, 4) is 11.5 Å². The van der Waals surface area contributed by atoms with Crippen LogP contribution < -0.4 is 20.6 Å². The highest BCUT2D eigenvalue weighted by Crippen LogP contribution is 2.30. The van der Waals surface area contributed by atoms with Crippen LogP contribution in [-0.4, -0.2) is 27.3 Å². The van der Waals surface area contributed by atoms with Crippen LogP contribution in [0.4, 0.5) is 0 Å². The lowest BCUT2D eigenvalue weighted by molar-refractivity contribution is 0.297. The van der Waals surface area contributed by atoms with E-state index in [0.717, 1.165) is 17.5 Å². The summed E-state index contributed by atoms with van der Waals surface area (Å²) in [4.78, 5) is 31.3. The van der Waals surface area contributed by atoms with Crippen molar-refractivity contribution in [1.29, 1.82) is 0 Å². The summed E-state index contributed by atoms with van der Waals surface area (Å²) in [6, 6.07) is 18.4. The van der Waals surface area contributed by atoms with Crippen molar-refractivity contribution in [2.24, 2.45) is 0 Å². The lowest BCUT2D eigenvalue weighted by Gasteiger charge is -2.12. The number of benzene rings is 2. The molecule has 3 aromatic heterocycles. The summed E-state index contributed by atoms with van der Waals surface area (Å²) in [6.07, 6.45) is 4.26. The highest BCUT2D eigenvalue weighted by atomic mass is 35.5. The molecule has 0 saturated heterocycles. The van der Waals surface area contributed by atoms with Gasteiger partial charge in [0.15, 0.2) is 11.5 Å². The Labute approximate surface area is 211 Å². The molecule has 2 aromatic carbocycles. The fourth-order valence-corrected chi connectivity index (χ4v) is 4.66. The van der Waals surface area contributed by atoms with Crippen molar-refractivity contribution in [3.63, 3.8) is 0 Å². The van der Waals surface area contributed by atoms with Gasteiger partial charge in [0.25, 0.3) is 11.1 Å². The number of rotatable bonds is 4. The third-order valence-electron chi connectivity index (χ3n) is 6.35. The second-order valence-electron chi connectivity index (χ2n) is 8.77. The van der Waals surface area contributed by atoms with Crippen molar-refractivity contribution in [3.05, 3.63) is 110 Å². The van der Waals surface area contributed by atoms with Crippen molar-refractivity contribution in [2.75, 3.05) is 13.2 Å². The van der Waals surface area contributed by atoms with Crippen molar-refractivity contribution >= 4 is 33.4 Å². The Hall–Kier alpha value is -4.10. The summed E-state index contributed by atoms with van der Waals surface area (Å²) in [5.41, 5.74) is 2.41. The molecule has 0 amide bonds. The Bertz CT molecular complexity index is 1740. The molecule has 5 aromatic rings. The van der Waals surface area contributed by atoms with E-state index in [9.17, 15) is 9.59 Å². The third kappa shape index (κ3) is 4.12. The second-order valence-corrected chi connectivity index (χ2v) is 9.18. The number of hydrogen-bond acceptors (Lipinski definition) is 5. The van der Waals surface area contributed by atoms with Crippen molar-refractivity contribution in [2.45, 2.75) is 19.5 Å². The number of fused-ring (bicyclic) bond motifs is 3. The van der Waals surface area contributed by atoms with Gasteiger partial charge in [0.2, 0.25) is 0 Å². The summed E-state index contributed by atoms with van der Waals surface area (Å²) in [5.74, 6) is 1.40. The monoisotopic (exact) mass is 499 g/mol. The predicted molar refractivity (Wildman–Crippen MR) is 139 cm³/mol. The van der Waals surface area contributed by atoms with Gasteiger partial charge in [-0.2, -0.15) is 0 Å². The molecule has 4 heterocycles. The Morgan fingerprint density at radius 1 is 0.778 bits per heavy atom. The molecule has 8 heteroatoms. The Morgan fingerprint density at radius 2 is 1.44 bits per heavy atom. The SMILES string of the molecule is O=c1c2cc3c(=O)n(Cc4ccccc4Cl)ccc3nc2ccn1Cc1ccc2c(c1)OCCCO2. The Kier molecular flexibility index (Phi) is 5.70. The second kappa shape index (κ2) is 9.17. The van der Waals surface area contributed by atoms with Crippen LogP contribution in [0.25, 0.3) is 21.8 Å². The summed E-state index contributed by atoms with van der Waals surface area (Å²) in [6.45, 7) is 1.90. The van der Waals surface area contributed by atoms with E-state index in [-0.39, 0.29) is 11.1 Å². The molecule has 0 atom stereocenters. The third-order valence-corrected chi connectivity index (χ3v) is 6.72. The first kappa shape index (κ1) is 22.4. The number of ether oxygens (including phenoxy) is 2. The zero-order chi connectivity index (χ0) is 24.6. The van der Waals surface area contributed by atoms with Gasteiger partial charge in [0.05, 0.1) is 48.1 Å². The summed E-state index contributed by atoms with van der Waals surface area (Å²) in [7, 11) is 0. The molecule has 0 fully saturated rings. The maximum Gasteiger partial charge on any atom is 0.260 e. The predicted octanol–water partition coefficient (Wildman–Crippen LogP) is 4.62. The van der Waals surface area contributed by atoms with Crippen molar-refractivity contribution < 1.29 is 9.47 Å². The molecule has 0 unspecified atom stereocenters. The number of pyridine rings is 3. The number of hydrogen-bond donors (Lipinski definition) is 0. The fraction of sp³-hybridized carbons (Fsp3) is 0.179. The first-order chi connectivity index (χ1) is 17.6. The van der Waals surface area contributed by atoms with E-state index < -0.39 is 0 Å². The van der Waals surface area contributed by atoms with Gasteiger partial charge in [0.1, 0.15) is 0 Å². The Morgan fingerprint density at radius 3 is 2.17 bits per heavy atom. The minimum atomic E-state index is -0.223. The molecule has 36 heavy (non-hydrogen) atoms. The van der Waals surface area contributed by atoms with E-state index >= 15 is 0 Å². The Balaban J connectivity index is 1.39. The number of aromatic nitrogens is 3. The van der Waals surface area contributed by atoms with Crippen LogP contribution in [0.3, 0.4) is 0 Å². The van der Waals surface area contributed by atoms with Gasteiger partial charge in [-0.1, -0.05) is 35.9 Å². The minimum absolute atomic E-state index is 0.213. The molecule has 1 aliphatic heterocycles. The van der Waals surface area contributed by atoms with E-state index in [1.54, 1.807) is 45.8 Å². The molecule has 0 N–H and O–H groups in total. The lowest BCUT2D eigenvalue weighted by Crippen LogP contribution is -2.23. The summed E-state index contributed by atoms with van der Waals surface area (Å²) >= 11 is 6.29. The van der Waals surface area contributed by atoms with Crippen LogP contribution in [0, 0.1) is 0 Å². The van der Waals surface area contributed by atoms with E-state index in [4.69, 9.17) is 21.1 Å². The lowest BCUT2D eigenvalue weighted by atomic mass is 10.1. The maximum atomic E-state index is 13.4. The maximum absolute atomic E-state index is 13.4. The minimum Gasteiger partial charge on any atom is -0.490 e. The summed E-state index contributed by atoms with van der Waals surface area (Å²) in [5, 5.41) is 1.38. The molecule has 7 nitrogen and oxygen atoms in total. The first-order valence-corrected chi connectivity index (χ1v) is 12.1. The smallest absolute Gasteiger partial charge is 0.260 e.